The van der Waals surface area contributed by atoms with Crippen molar-refractivity contribution in [3.63, 3.8) is 0 Å². The third kappa shape index (κ3) is 4.97. The molecule has 0 aromatic heterocycles. The SMILES string of the molecule is CCOC1C(N)CCCN1/C(N)=N/C(=O)OC(C)(C)C. The highest BCUT2D eigenvalue weighted by Gasteiger charge is 2.31. The van der Waals surface area contributed by atoms with Crippen LogP contribution in [0.25, 0.3) is 0 Å². The first-order chi connectivity index (χ1) is 9.24. The summed E-state index contributed by atoms with van der Waals surface area (Å²) < 4.78 is 10.7. The molecule has 0 spiro atoms. The van der Waals surface area contributed by atoms with Gasteiger partial charge in [0, 0.05) is 19.2 Å². The molecule has 1 rings (SSSR count). The number of rotatable bonds is 2. The Labute approximate surface area is 120 Å². The first-order valence-electron chi connectivity index (χ1n) is 6.95. The molecular formula is C13H26N4O3. The van der Waals surface area contributed by atoms with Gasteiger partial charge in [-0.3, -0.25) is 0 Å². The van der Waals surface area contributed by atoms with Crippen LogP contribution in [0.3, 0.4) is 0 Å². The fourth-order valence-corrected chi connectivity index (χ4v) is 2.07. The highest BCUT2D eigenvalue weighted by molar-refractivity contribution is 5.89. The fraction of sp³-hybridized carbons (Fsp3) is 0.846. The molecule has 2 atom stereocenters. The number of piperidine rings is 1. The number of ether oxygens (including phenoxy) is 2. The zero-order chi connectivity index (χ0) is 15.3. The van der Waals surface area contributed by atoms with Crippen molar-refractivity contribution in [1.29, 1.82) is 0 Å². The molecule has 0 saturated carbocycles. The third-order valence-corrected chi connectivity index (χ3v) is 2.84. The molecule has 1 saturated heterocycles. The van der Waals surface area contributed by atoms with Crippen LogP contribution in [0.4, 0.5) is 4.79 Å². The largest absolute Gasteiger partial charge is 0.442 e. The van der Waals surface area contributed by atoms with E-state index in [2.05, 4.69) is 4.99 Å². The first kappa shape index (κ1) is 16.7. The highest BCUT2D eigenvalue weighted by Crippen LogP contribution is 2.17. The monoisotopic (exact) mass is 286 g/mol. The molecule has 1 heterocycles. The summed E-state index contributed by atoms with van der Waals surface area (Å²) in [4.78, 5) is 17.2. The van der Waals surface area contributed by atoms with Crippen LogP contribution < -0.4 is 11.5 Å². The molecule has 0 bridgehead atoms. The maximum absolute atomic E-state index is 11.7. The average molecular weight is 286 g/mol. The minimum Gasteiger partial charge on any atom is -0.442 e. The molecule has 7 nitrogen and oxygen atoms in total. The molecular weight excluding hydrogens is 260 g/mol. The smallest absolute Gasteiger partial charge is 0.437 e. The van der Waals surface area contributed by atoms with Gasteiger partial charge in [-0.2, -0.15) is 0 Å². The lowest BCUT2D eigenvalue weighted by Gasteiger charge is -2.39. The lowest BCUT2D eigenvalue weighted by Crippen LogP contribution is -2.57. The molecule has 0 aliphatic carbocycles. The topological polar surface area (TPSA) is 103 Å². The van der Waals surface area contributed by atoms with Crippen molar-refractivity contribution in [2.45, 2.75) is 58.4 Å². The van der Waals surface area contributed by atoms with E-state index in [1.807, 2.05) is 6.92 Å². The van der Waals surface area contributed by atoms with E-state index < -0.39 is 11.7 Å². The molecule has 2 unspecified atom stereocenters. The third-order valence-electron chi connectivity index (χ3n) is 2.84. The van der Waals surface area contributed by atoms with Gasteiger partial charge in [0.2, 0.25) is 5.96 Å². The molecule has 1 fully saturated rings. The Morgan fingerprint density at radius 3 is 2.65 bits per heavy atom. The predicted molar refractivity (Wildman–Crippen MR) is 77.2 cm³/mol. The van der Waals surface area contributed by atoms with Crippen LogP contribution in [0.1, 0.15) is 40.5 Å². The lowest BCUT2D eigenvalue weighted by atomic mass is 10.1. The summed E-state index contributed by atoms with van der Waals surface area (Å²) in [6.45, 7) is 8.40. The number of hydrogen-bond donors (Lipinski definition) is 2. The summed E-state index contributed by atoms with van der Waals surface area (Å²) in [7, 11) is 0. The van der Waals surface area contributed by atoms with E-state index in [1.54, 1.807) is 25.7 Å². The number of hydrogen-bond acceptors (Lipinski definition) is 4. The molecule has 7 heteroatoms. The Balaban J connectivity index is 2.76. The van der Waals surface area contributed by atoms with Gasteiger partial charge in [0.15, 0.2) is 0 Å². The van der Waals surface area contributed by atoms with E-state index in [1.165, 1.54) is 0 Å². The first-order valence-corrected chi connectivity index (χ1v) is 6.95. The molecule has 0 aromatic carbocycles. The normalized spacial score (nSPS) is 24.6. The standard InChI is InChI=1S/C13H26N4O3/c1-5-19-10-9(14)7-6-8-17(10)11(15)16-12(18)20-13(2,3)4/h9-10H,5-8,14H2,1-4H3,(H2,15,16,18). The zero-order valence-electron chi connectivity index (χ0n) is 12.8. The van der Waals surface area contributed by atoms with Crippen molar-refractivity contribution in [2.75, 3.05) is 13.2 Å². The molecule has 1 aliphatic rings. The molecule has 1 amide bonds. The van der Waals surface area contributed by atoms with E-state index in [0.29, 0.717) is 13.2 Å². The second-order valence-corrected chi connectivity index (χ2v) is 5.80. The van der Waals surface area contributed by atoms with Crippen molar-refractivity contribution >= 4 is 12.1 Å². The number of aliphatic imine (C=N–C) groups is 1. The predicted octanol–water partition coefficient (Wildman–Crippen LogP) is 1.02. The van der Waals surface area contributed by atoms with Crippen LogP contribution in [-0.2, 0) is 9.47 Å². The molecule has 1 aliphatic heterocycles. The summed E-state index contributed by atoms with van der Waals surface area (Å²) >= 11 is 0. The second kappa shape index (κ2) is 6.90. The van der Waals surface area contributed by atoms with Gasteiger partial charge in [-0.25, -0.2) is 4.79 Å². The Bertz CT molecular complexity index is 365. The number of nitrogens with two attached hydrogens (primary N) is 2. The molecule has 0 radical (unpaired) electrons. The van der Waals surface area contributed by atoms with Crippen LogP contribution in [0.2, 0.25) is 0 Å². The second-order valence-electron chi connectivity index (χ2n) is 5.80. The van der Waals surface area contributed by atoms with Crippen molar-refractivity contribution in [1.82, 2.24) is 4.90 Å². The maximum atomic E-state index is 11.7. The van der Waals surface area contributed by atoms with Gasteiger partial charge in [0.25, 0.3) is 0 Å². The van der Waals surface area contributed by atoms with Crippen LogP contribution in [0, 0.1) is 0 Å². The van der Waals surface area contributed by atoms with Crippen molar-refractivity contribution in [3.05, 3.63) is 0 Å². The summed E-state index contributed by atoms with van der Waals surface area (Å²) in [6, 6.07) is -0.143. The van der Waals surface area contributed by atoms with E-state index in [9.17, 15) is 4.79 Å². The fourth-order valence-electron chi connectivity index (χ4n) is 2.07. The van der Waals surface area contributed by atoms with E-state index in [4.69, 9.17) is 20.9 Å². The number of guanidine groups is 1. The minimum absolute atomic E-state index is 0.0906. The molecule has 20 heavy (non-hydrogen) atoms. The minimum atomic E-state index is -0.704. The van der Waals surface area contributed by atoms with Gasteiger partial charge in [-0.15, -0.1) is 4.99 Å². The number of likely N-dealkylation sites (tertiary alicyclic amines) is 1. The Hall–Kier alpha value is -1.34. The summed E-state index contributed by atoms with van der Waals surface area (Å²) in [5.74, 6) is 0.0906. The van der Waals surface area contributed by atoms with Crippen molar-refractivity contribution < 1.29 is 14.3 Å². The summed E-state index contributed by atoms with van der Waals surface area (Å²) in [6.07, 6.45) is 0.695. The molecule has 116 valence electrons. The Morgan fingerprint density at radius 2 is 2.10 bits per heavy atom. The van der Waals surface area contributed by atoms with Gasteiger partial charge in [0.1, 0.15) is 11.8 Å². The summed E-state index contributed by atoms with van der Waals surface area (Å²) in [5.41, 5.74) is 11.3. The lowest BCUT2D eigenvalue weighted by molar-refractivity contribution is -0.0538. The maximum Gasteiger partial charge on any atom is 0.437 e. The highest BCUT2D eigenvalue weighted by atomic mass is 16.6. The van der Waals surface area contributed by atoms with Gasteiger partial charge in [-0.05, 0) is 40.5 Å². The Morgan fingerprint density at radius 1 is 1.45 bits per heavy atom. The van der Waals surface area contributed by atoms with Crippen LogP contribution in [-0.4, -0.2) is 48.0 Å². The Kier molecular flexibility index (Phi) is 5.76. The van der Waals surface area contributed by atoms with Crippen molar-refractivity contribution in [2.24, 2.45) is 16.5 Å². The average Bonchev–Trinajstić information content (AvgIpc) is 2.29. The number of nitrogens with zero attached hydrogens (tertiary/aromatic N) is 2. The van der Waals surface area contributed by atoms with Crippen molar-refractivity contribution in [3.8, 4) is 0 Å². The van der Waals surface area contributed by atoms with Crippen LogP contribution >= 0.6 is 0 Å². The van der Waals surface area contributed by atoms with E-state index in [-0.39, 0.29) is 18.2 Å². The molecule has 4 N–H and O–H groups in total. The van der Waals surface area contributed by atoms with Crippen LogP contribution in [0.5, 0.6) is 0 Å². The van der Waals surface area contributed by atoms with Crippen LogP contribution in [0.15, 0.2) is 4.99 Å². The van der Waals surface area contributed by atoms with Gasteiger partial charge in [-0.1, -0.05) is 0 Å². The van der Waals surface area contributed by atoms with Gasteiger partial charge in [0.05, 0.1) is 0 Å². The zero-order valence-corrected chi connectivity index (χ0v) is 12.8. The molecule has 0 aromatic rings. The summed E-state index contributed by atoms with van der Waals surface area (Å²) in [5, 5.41) is 0. The quantitative estimate of drug-likeness (QED) is 0.580. The van der Waals surface area contributed by atoms with Gasteiger partial charge >= 0.3 is 6.09 Å². The van der Waals surface area contributed by atoms with E-state index >= 15 is 0 Å². The number of amides is 1. The number of carbonyl (C=O) groups excluding carboxylic acids is 1. The van der Waals surface area contributed by atoms with E-state index in [0.717, 1.165) is 12.8 Å². The van der Waals surface area contributed by atoms with Gasteiger partial charge < -0.3 is 25.8 Å². The number of carbonyl (C=O) groups is 1.